The van der Waals surface area contributed by atoms with Crippen molar-refractivity contribution < 1.29 is 14.7 Å². The van der Waals surface area contributed by atoms with Crippen LogP contribution in [0.3, 0.4) is 0 Å². The van der Waals surface area contributed by atoms with Gasteiger partial charge in [-0.05, 0) is 63.4 Å². The molecular formula is C21H32N2O3. The standard InChI is InChI=1S/C21H32N2O3/c1-13-17-15(11-20(2,3)12-16(17)24)22-18(13)19(25)23-8-6-14(7-9-23)10-21(4,5)26/h14,22,26H,6-12H2,1-5H3. The van der Waals surface area contributed by atoms with E-state index in [0.29, 0.717) is 31.1 Å². The average Bonchev–Trinajstić information content (AvgIpc) is 2.81. The van der Waals surface area contributed by atoms with Crippen molar-refractivity contribution >= 4 is 11.7 Å². The molecule has 2 aliphatic rings. The summed E-state index contributed by atoms with van der Waals surface area (Å²) in [5.41, 5.74) is 2.34. The summed E-state index contributed by atoms with van der Waals surface area (Å²) in [5, 5.41) is 10.0. The van der Waals surface area contributed by atoms with Gasteiger partial charge in [0.1, 0.15) is 5.69 Å². The molecule has 0 radical (unpaired) electrons. The highest BCUT2D eigenvalue weighted by atomic mass is 16.3. The van der Waals surface area contributed by atoms with Crippen molar-refractivity contribution in [3.63, 3.8) is 0 Å². The number of likely N-dealkylation sites (tertiary alicyclic amines) is 1. The number of nitrogens with zero attached hydrogens (tertiary/aromatic N) is 1. The first-order valence-corrected chi connectivity index (χ1v) is 9.73. The van der Waals surface area contributed by atoms with Gasteiger partial charge in [-0.15, -0.1) is 0 Å². The Bertz CT molecular complexity index is 716. The number of rotatable bonds is 3. The molecule has 2 heterocycles. The smallest absolute Gasteiger partial charge is 0.270 e. The lowest BCUT2D eigenvalue weighted by Gasteiger charge is -2.34. The Hall–Kier alpha value is -1.62. The molecule has 0 spiro atoms. The van der Waals surface area contributed by atoms with Gasteiger partial charge < -0.3 is 15.0 Å². The Balaban J connectivity index is 1.73. The first-order chi connectivity index (χ1) is 12.0. The van der Waals surface area contributed by atoms with Crippen LogP contribution in [0.5, 0.6) is 0 Å². The molecule has 1 aliphatic heterocycles. The second-order valence-electron chi connectivity index (χ2n) is 9.67. The van der Waals surface area contributed by atoms with Gasteiger partial charge in [0.2, 0.25) is 0 Å². The topological polar surface area (TPSA) is 73.4 Å². The van der Waals surface area contributed by atoms with Crippen LogP contribution in [0.4, 0.5) is 0 Å². The van der Waals surface area contributed by atoms with Gasteiger partial charge in [-0.1, -0.05) is 13.8 Å². The molecular weight excluding hydrogens is 328 g/mol. The van der Waals surface area contributed by atoms with Crippen LogP contribution in [0.2, 0.25) is 0 Å². The quantitative estimate of drug-likeness (QED) is 0.866. The molecule has 1 aromatic heterocycles. The highest BCUT2D eigenvalue weighted by Crippen LogP contribution is 2.37. The molecule has 5 nitrogen and oxygen atoms in total. The second kappa shape index (κ2) is 6.52. The number of piperidine rings is 1. The lowest BCUT2D eigenvalue weighted by molar-refractivity contribution is 0.0356. The molecule has 2 N–H and O–H groups in total. The molecule has 1 amide bonds. The minimum absolute atomic E-state index is 0.00390. The van der Waals surface area contributed by atoms with Crippen molar-refractivity contribution in [2.24, 2.45) is 11.3 Å². The van der Waals surface area contributed by atoms with Crippen LogP contribution in [-0.2, 0) is 6.42 Å². The normalized spacial score (nSPS) is 21.0. The average molecular weight is 360 g/mol. The van der Waals surface area contributed by atoms with E-state index in [9.17, 15) is 14.7 Å². The Morgan fingerprint density at radius 3 is 2.46 bits per heavy atom. The number of fused-ring (bicyclic) bond motifs is 1. The number of hydrogen-bond donors (Lipinski definition) is 2. The zero-order valence-electron chi connectivity index (χ0n) is 16.7. The summed E-state index contributed by atoms with van der Waals surface area (Å²) in [5.74, 6) is 0.608. The summed E-state index contributed by atoms with van der Waals surface area (Å²) in [7, 11) is 0. The fraction of sp³-hybridized carbons (Fsp3) is 0.714. The van der Waals surface area contributed by atoms with Crippen molar-refractivity contribution in [2.75, 3.05) is 13.1 Å². The molecule has 1 aliphatic carbocycles. The zero-order chi connectivity index (χ0) is 19.3. The van der Waals surface area contributed by atoms with Crippen LogP contribution >= 0.6 is 0 Å². The highest BCUT2D eigenvalue weighted by Gasteiger charge is 2.36. The molecule has 0 unspecified atom stereocenters. The van der Waals surface area contributed by atoms with E-state index in [0.717, 1.165) is 42.5 Å². The molecule has 1 saturated heterocycles. The van der Waals surface area contributed by atoms with Crippen molar-refractivity contribution in [3.8, 4) is 0 Å². The van der Waals surface area contributed by atoms with Gasteiger partial charge >= 0.3 is 0 Å². The first kappa shape index (κ1) is 19.2. The van der Waals surface area contributed by atoms with Gasteiger partial charge in [0, 0.05) is 30.8 Å². The van der Waals surface area contributed by atoms with E-state index in [1.807, 2.05) is 25.7 Å². The van der Waals surface area contributed by atoms with Crippen LogP contribution < -0.4 is 0 Å². The minimum atomic E-state index is -0.654. The van der Waals surface area contributed by atoms with Crippen LogP contribution in [0.25, 0.3) is 0 Å². The summed E-state index contributed by atoms with van der Waals surface area (Å²) in [6, 6.07) is 0. The molecule has 1 aromatic rings. The number of aromatic amines is 1. The molecule has 5 heteroatoms. The third kappa shape index (κ3) is 3.88. The summed E-state index contributed by atoms with van der Waals surface area (Å²) in [4.78, 5) is 30.7. The lowest BCUT2D eigenvalue weighted by Crippen LogP contribution is -2.40. The van der Waals surface area contributed by atoms with E-state index >= 15 is 0 Å². The molecule has 0 aromatic carbocycles. The number of ketones is 1. The number of aromatic nitrogens is 1. The van der Waals surface area contributed by atoms with Crippen molar-refractivity contribution in [3.05, 3.63) is 22.5 Å². The fourth-order valence-corrected chi connectivity index (χ4v) is 4.65. The van der Waals surface area contributed by atoms with Crippen LogP contribution in [-0.4, -0.2) is 45.4 Å². The Labute approximate surface area is 156 Å². The number of aliphatic hydroxyl groups is 1. The van der Waals surface area contributed by atoms with Gasteiger partial charge in [0.25, 0.3) is 5.91 Å². The maximum Gasteiger partial charge on any atom is 0.270 e. The van der Waals surface area contributed by atoms with Gasteiger partial charge in [-0.2, -0.15) is 0 Å². The number of H-pyrrole nitrogens is 1. The van der Waals surface area contributed by atoms with E-state index in [1.54, 1.807) is 0 Å². The van der Waals surface area contributed by atoms with Crippen molar-refractivity contribution in [1.82, 2.24) is 9.88 Å². The van der Waals surface area contributed by atoms with Gasteiger partial charge in [-0.3, -0.25) is 9.59 Å². The molecule has 26 heavy (non-hydrogen) atoms. The van der Waals surface area contributed by atoms with E-state index < -0.39 is 5.60 Å². The summed E-state index contributed by atoms with van der Waals surface area (Å²) in [6.45, 7) is 11.2. The lowest BCUT2D eigenvalue weighted by atomic mass is 9.75. The van der Waals surface area contributed by atoms with Gasteiger partial charge in [0.15, 0.2) is 5.78 Å². The maximum absolute atomic E-state index is 13.0. The van der Waals surface area contributed by atoms with Crippen LogP contribution in [0, 0.1) is 18.3 Å². The SMILES string of the molecule is Cc1c(C(=O)N2CCC(CC(C)(C)O)CC2)[nH]c2c1C(=O)CC(C)(C)C2. The predicted octanol–water partition coefficient (Wildman–Crippen LogP) is 3.49. The van der Waals surface area contributed by atoms with E-state index in [2.05, 4.69) is 18.8 Å². The largest absolute Gasteiger partial charge is 0.390 e. The number of hydrogen-bond acceptors (Lipinski definition) is 3. The predicted molar refractivity (Wildman–Crippen MR) is 102 cm³/mol. The number of Topliss-reactive ketones (excluding diaryl/α,β-unsaturated/α-hetero) is 1. The Kier molecular flexibility index (Phi) is 4.80. The molecule has 1 fully saturated rings. The van der Waals surface area contributed by atoms with E-state index in [1.165, 1.54) is 0 Å². The molecule has 0 saturated carbocycles. The van der Waals surface area contributed by atoms with Crippen molar-refractivity contribution in [2.45, 2.75) is 72.3 Å². The maximum atomic E-state index is 13.0. The number of amides is 1. The fourth-order valence-electron chi connectivity index (χ4n) is 4.65. The minimum Gasteiger partial charge on any atom is -0.390 e. The van der Waals surface area contributed by atoms with Gasteiger partial charge in [-0.25, -0.2) is 0 Å². The van der Waals surface area contributed by atoms with Crippen LogP contribution in [0.15, 0.2) is 0 Å². The molecule has 0 atom stereocenters. The summed E-state index contributed by atoms with van der Waals surface area (Å²) >= 11 is 0. The number of nitrogens with one attached hydrogen (secondary N) is 1. The second-order valence-corrected chi connectivity index (χ2v) is 9.67. The molecule has 0 bridgehead atoms. The number of carbonyl (C=O) groups excluding carboxylic acids is 2. The Morgan fingerprint density at radius 2 is 1.88 bits per heavy atom. The monoisotopic (exact) mass is 360 g/mol. The van der Waals surface area contributed by atoms with E-state index in [-0.39, 0.29) is 17.1 Å². The third-order valence-electron chi connectivity index (χ3n) is 5.80. The molecule has 3 rings (SSSR count). The zero-order valence-corrected chi connectivity index (χ0v) is 16.7. The highest BCUT2D eigenvalue weighted by molar-refractivity contribution is 6.04. The van der Waals surface area contributed by atoms with E-state index in [4.69, 9.17) is 0 Å². The summed E-state index contributed by atoms with van der Waals surface area (Å²) in [6.07, 6.45) is 3.95. The van der Waals surface area contributed by atoms with Crippen molar-refractivity contribution in [1.29, 1.82) is 0 Å². The summed E-state index contributed by atoms with van der Waals surface area (Å²) < 4.78 is 0. The van der Waals surface area contributed by atoms with Gasteiger partial charge in [0.05, 0.1) is 5.60 Å². The third-order valence-corrected chi connectivity index (χ3v) is 5.80. The Morgan fingerprint density at radius 1 is 1.27 bits per heavy atom. The number of carbonyl (C=O) groups is 2. The first-order valence-electron chi connectivity index (χ1n) is 9.73. The molecule has 144 valence electrons. The van der Waals surface area contributed by atoms with Crippen LogP contribution in [0.1, 0.15) is 85.5 Å².